The van der Waals surface area contributed by atoms with Gasteiger partial charge in [0.2, 0.25) is 0 Å². The summed E-state index contributed by atoms with van der Waals surface area (Å²) in [4.78, 5) is 10.4. The number of cyclic esters (lactones) is 2. The molecule has 0 aliphatic carbocycles. The zero-order valence-corrected chi connectivity index (χ0v) is 7.09. The molecule has 0 spiro atoms. The van der Waals surface area contributed by atoms with Crippen LogP contribution in [0.25, 0.3) is 0 Å². The number of halogens is 2. The summed E-state index contributed by atoms with van der Waals surface area (Å²) in [5.41, 5.74) is 0. The molecule has 0 radical (unpaired) electrons. The third kappa shape index (κ3) is 4.02. The van der Waals surface area contributed by atoms with Gasteiger partial charge in [0.15, 0.2) is 6.10 Å². The van der Waals surface area contributed by atoms with Crippen LogP contribution >= 0.6 is 0 Å². The second-order valence-corrected chi connectivity index (χ2v) is 2.89. The van der Waals surface area contributed by atoms with E-state index in [0.29, 0.717) is 0 Å². The Morgan fingerprint density at radius 2 is 2.38 bits per heavy atom. The molecule has 0 N–H and O–H groups in total. The number of carbonyl (C=O) groups excluding carboxylic acids is 1. The largest absolute Gasteiger partial charge is 0.508 e. The zero-order valence-electron chi connectivity index (χ0n) is 7.09. The van der Waals surface area contributed by atoms with Gasteiger partial charge in [-0.05, 0) is 0 Å². The molecule has 0 aromatic heterocycles. The number of hydrogen-bond donors (Lipinski definition) is 0. The van der Waals surface area contributed by atoms with Crippen LogP contribution in [0.15, 0.2) is 0 Å². The summed E-state index contributed by atoms with van der Waals surface area (Å²) in [5, 5.41) is 0. The minimum atomic E-state index is -2.86. The standard InChI is InChI=1S/C7H10F2O4/c1-7(8,9)4-11-2-5-3-12-6(10)13-5/h5H,2-4H2,1H3. The first-order chi connectivity index (χ1) is 5.97. The van der Waals surface area contributed by atoms with Crippen LogP contribution in [0.5, 0.6) is 0 Å². The average molecular weight is 196 g/mol. The molecular weight excluding hydrogens is 186 g/mol. The second kappa shape index (κ2) is 3.87. The molecular formula is C7H10F2O4. The van der Waals surface area contributed by atoms with Gasteiger partial charge in [-0.1, -0.05) is 0 Å². The van der Waals surface area contributed by atoms with Crippen LogP contribution < -0.4 is 0 Å². The fourth-order valence-corrected chi connectivity index (χ4v) is 0.817. The van der Waals surface area contributed by atoms with E-state index in [1.807, 2.05) is 0 Å². The zero-order chi connectivity index (χ0) is 9.90. The Labute approximate surface area is 73.8 Å². The molecule has 6 heteroatoms. The number of alkyl halides is 2. The molecule has 1 atom stereocenters. The minimum absolute atomic E-state index is 0.0603. The Morgan fingerprint density at radius 3 is 2.85 bits per heavy atom. The summed E-state index contributed by atoms with van der Waals surface area (Å²) < 4.78 is 38.0. The average Bonchev–Trinajstić information content (AvgIpc) is 2.33. The summed E-state index contributed by atoms with van der Waals surface area (Å²) in [6.45, 7) is 0.0779. The van der Waals surface area contributed by atoms with Crippen LogP contribution in [-0.2, 0) is 14.2 Å². The summed E-state index contributed by atoms with van der Waals surface area (Å²) in [6.07, 6.45) is -1.34. The van der Waals surface area contributed by atoms with Gasteiger partial charge in [-0.15, -0.1) is 0 Å². The minimum Gasteiger partial charge on any atom is -0.430 e. The molecule has 4 nitrogen and oxygen atoms in total. The van der Waals surface area contributed by atoms with Crippen molar-refractivity contribution in [2.24, 2.45) is 0 Å². The first kappa shape index (κ1) is 10.2. The van der Waals surface area contributed by atoms with Gasteiger partial charge in [0.25, 0.3) is 5.92 Å². The molecule has 0 aromatic rings. The van der Waals surface area contributed by atoms with Gasteiger partial charge >= 0.3 is 6.16 Å². The molecule has 0 aromatic carbocycles. The van der Waals surface area contributed by atoms with Gasteiger partial charge < -0.3 is 14.2 Å². The van der Waals surface area contributed by atoms with Crippen LogP contribution in [-0.4, -0.2) is 38.0 Å². The van der Waals surface area contributed by atoms with Crippen LogP contribution in [0.1, 0.15) is 6.92 Å². The predicted molar refractivity (Wildman–Crippen MR) is 37.7 cm³/mol. The number of ether oxygens (including phenoxy) is 3. The smallest absolute Gasteiger partial charge is 0.430 e. The molecule has 76 valence electrons. The molecule has 1 unspecified atom stereocenters. The fraction of sp³-hybridized carbons (Fsp3) is 0.857. The van der Waals surface area contributed by atoms with E-state index < -0.39 is 24.8 Å². The van der Waals surface area contributed by atoms with Gasteiger partial charge in [-0.2, -0.15) is 0 Å². The van der Waals surface area contributed by atoms with Gasteiger partial charge in [-0.25, -0.2) is 13.6 Å². The van der Waals surface area contributed by atoms with Crippen LogP contribution in [0, 0.1) is 0 Å². The van der Waals surface area contributed by atoms with Crippen molar-refractivity contribution in [2.75, 3.05) is 19.8 Å². The van der Waals surface area contributed by atoms with Crippen molar-refractivity contribution in [3.63, 3.8) is 0 Å². The molecule has 1 saturated heterocycles. The highest BCUT2D eigenvalue weighted by Crippen LogP contribution is 2.13. The molecule has 0 saturated carbocycles. The van der Waals surface area contributed by atoms with Crippen LogP contribution in [0.3, 0.4) is 0 Å². The summed E-state index contributed by atoms with van der Waals surface area (Å²) >= 11 is 0. The van der Waals surface area contributed by atoms with Crippen molar-refractivity contribution in [2.45, 2.75) is 19.0 Å². The third-order valence-corrected chi connectivity index (χ3v) is 1.31. The van der Waals surface area contributed by atoms with Crippen molar-refractivity contribution >= 4 is 6.16 Å². The van der Waals surface area contributed by atoms with E-state index in [0.717, 1.165) is 6.92 Å². The van der Waals surface area contributed by atoms with Crippen molar-refractivity contribution in [3.8, 4) is 0 Å². The topological polar surface area (TPSA) is 44.8 Å². The first-order valence-corrected chi connectivity index (χ1v) is 3.76. The monoisotopic (exact) mass is 196 g/mol. The van der Waals surface area contributed by atoms with Crippen molar-refractivity contribution in [1.82, 2.24) is 0 Å². The highest BCUT2D eigenvalue weighted by atomic mass is 19.3. The second-order valence-electron chi connectivity index (χ2n) is 2.89. The maximum Gasteiger partial charge on any atom is 0.508 e. The normalized spacial score (nSPS) is 22.7. The SMILES string of the molecule is CC(F)(F)COCC1COC(=O)O1. The lowest BCUT2D eigenvalue weighted by molar-refractivity contribution is -0.0756. The maximum atomic E-state index is 12.2. The van der Waals surface area contributed by atoms with Gasteiger partial charge in [0.1, 0.15) is 13.2 Å². The van der Waals surface area contributed by atoms with Gasteiger partial charge in [-0.3, -0.25) is 0 Å². The number of carbonyl (C=O) groups is 1. The Morgan fingerprint density at radius 1 is 1.69 bits per heavy atom. The van der Waals surface area contributed by atoms with E-state index in [4.69, 9.17) is 0 Å². The van der Waals surface area contributed by atoms with E-state index in [1.54, 1.807) is 0 Å². The van der Waals surface area contributed by atoms with E-state index in [9.17, 15) is 13.6 Å². The first-order valence-electron chi connectivity index (χ1n) is 3.76. The van der Waals surface area contributed by atoms with Crippen LogP contribution in [0.4, 0.5) is 13.6 Å². The lowest BCUT2D eigenvalue weighted by Gasteiger charge is -2.12. The van der Waals surface area contributed by atoms with Gasteiger partial charge in [0.05, 0.1) is 6.61 Å². The molecule has 0 bridgehead atoms. The molecule has 1 fully saturated rings. The fourth-order valence-electron chi connectivity index (χ4n) is 0.817. The van der Waals surface area contributed by atoms with E-state index in [1.165, 1.54) is 0 Å². The Balaban J connectivity index is 2.10. The molecule has 1 rings (SSSR count). The van der Waals surface area contributed by atoms with Gasteiger partial charge in [0, 0.05) is 6.92 Å². The highest BCUT2D eigenvalue weighted by molar-refractivity contribution is 5.61. The summed E-state index contributed by atoms with van der Waals surface area (Å²) in [6, 6.07) is 0. The maximum absolute atomic E-state index is 12.2. The highest BCUT2D eigenvalue weighted by Gasteiger charge is 2.27. The lowest BCUT2D eigenvalue weighted by Crippen LogP contribution is -2.24. The van der Waals surface area contributed by atoms with Crippen molar-refractivity contribution < 1.29 is 27.8 Å². The lowest BCUT2D eigenvalue weighted by atomic mass is 10.4. The number of hydrogen-bond acceptors (Lipinski definition) is 4. The third-order valence-electron chi connectivity index (χ3n) is 1.31. The molecule has 0 amide bonds. The Bertz CT molecular complexity index is 189. The Kier molecular flexibility index (Phi) is 3.02. The van der Waals surface area contributed by atoms with Crippen molar-refractivity contribution in [3.05, 3.63) is 0 Å². The quantitative estimate of drug-likeness (QED) is 0.633. The molecule has 1 aliphatic heterocycles. The van der Waals surface area contributed by atoms with E-state index in [2.05, 4.69) is 14.2 Å². The van der Waals surface area contributed by atoms with E-state index in [-0.39, 0.29) is 13.2 Å². The predicted octanol–water partition coefficient (Wildman–Crippen LogP) is 1.19. The van der Waals surface area contributed by atoms with E-state index >= 15 is 0 Å². The Hall–Kier alpha value is -0.910. The van der Waals surface area contributed by atoms with Crippen molar-refractivity contribution in [1.29, 1.82) is 0 Å². The van der Waals surface area contributed by atoms with Crippen LogP contribution in [0.2, 0.25) is 0 Å². The molecule has 1 heterocycles. The molecule has 13 heavy (non-hydrogen) atoms. The molecule has 1 aliphatic rings. The number of rotatable bonds is 4. The summed E-state index contributed by atoms with van der Waals surface area (Å²) in [5.74, 6) is -2.86. The summed E-state index contributed by atoms with van der Waals surface area (Å²) in [7, 11) is 0.